The molecule has 31 heavy (non-hydrogen) atoms. The van der Waals surface area contributed by atoms with E-state index in [1.807, 2.05) is 35.3 Å². The van der Waals surface area contributed by atoms with Crippen LogP contribution in [-0.2, 0) is 25.5 Å². The number of anilines is 2. The van der Waals surface area contributed by atoms with Gasteiger partial charge in [0.25, 0.3) is 0 Å². The molecule has 0 aromatic heterocycles. The Kier molecular flexibility index (Phi) is 4.09. The third-order valence-electron chi connectivity index (χ3n) is 7.82. The molecule has 4 aliphatic heterocycles. The van der Waals surface area contributed by atoms with Crippen LogP contribution in [0.1, 0.15) is 38.2 Å². The number of amides is 3. The molecule has 1 aromatic rings. The molecule has 4 unspecified atom stereocenters. The maximum absolute atomic E-state index is 13.4. The molecule has 1 N–H and O–H groups in total. The van der Waals surface area contributed by atoms with Crippen molar-refractivity contribution in [3.63, 3.8) is 0 Å². The number of rotatable bonds is 3. The molecule has 3 fully saturated rings. The molecule has 1 spiro atoms. The summed E-state index contributed by atoms with van der Waals surface area (Å²) >= 11 is 0. The summed E-state index contributed by atoms with van der Waals surface area (Å²) < 4.78 is 6.25. The Labute approximate surface area is 181 Å². The molecule has 1 aliphatic carbocycles. The lowest BCUT2D eigenvalue weighted by atomic mass is 9.76. The van der Waals surface area contributed by atoms with Crippen LogP contribution in [-0.4, -0.2) is 53.5 Å². The zero-order chi connectivity index (χ0) is 21.3. The maximum Gasteiger partial charge on any atom is 0.231 e. The summed E-state index contributed by atoms with van der Waals surface area (Å²) in [6.45, 7) is 2.80. The van der Waals surface area contributed by atoms with Gasteiger partial charge in [-0.25, -0.2) is 0 Å². The quantitative estimate of drug-likeness (QED) is 0.760. The van der Waals surface area contributed by atoms with Gasteiger partial charge < -0.3 is 19.9 Å². The summed E-state index contributed by atoms with van der Waals surface area (Å²) in [5, 5.41) is 3.03. The number of fused-ring (bicyclic) bond motifs is 2. The van der Waals surface area contributed by atoms with E-state index >= 15 is 0 Å². The highest BCUT2D eigenvalue weighted by molar-refractivity contribution is 6.00. The van der Waals surface area contributed by atoms with Crippen LogP contribution in [0.5, 0.6) is 0 Å². The lowest BCUT2D eigenvalue weighted by Gasteiger charge is -2.27. The highest BCUT2D eigenvalue weighted by Gasteiger charge is 2.67. The van der Waals surface area contributed by atoms with E-state index in [9.17, 15) is 14.4 Å². The van der Waals surface area contributed by atoms with Crippen LogP contribution >= 0.6 is 0 Å². The fourth-order valence-corrected chi connectivity index (χ4v) is 6.38. The van der Waals surface area contributed by atoms with Crippen LogP contribution in [0.2, 0.25) is 0 Å². The van der Waals surface area contributed by atoms with Crippen molar-refractivity contribution in [2.75, 3.05) is 23.3 Å². The summed E-state index contributed by atoms with van der Waals surface area (Å²) in [5.74, 6) is -1.01. The van der Waals surface area contributed by atoms with Gasteiger partial charge in [-0.2, -0.15) is 0 Å². The zero-order valence-corrected chi connectivity index (χ0v) is 17.7. The first-order valence-corrected chi connectivity index (χ1v) is 11.4. The van der Waals surface area contributed by atoms with Gasteiger partial charge in [-0.05, 0) is 43.0 Å². The van der Waals surface area contributed by atoms with Crippen LogP contribution in [0.4, 0.5) is 11.4 Å². The Morgan fingerprint density at radius 2 is 2.03 bits per heavy atom. The summed E-state index contributed by atoms with van der Waals surface area (Å²) in [6, 6.07) is 5.95. The molecule has 7 heteroatoms. The number of carbonyl (C=O) groups is 3. The van der Waals surface area contributed by atoms with Gasteiger partial charge in [-0.1, -0.05) is 25.0 Å². The Morgan fingerprint density at radius 1 is 1.23 bits per heavy atom. The minimum atomic E-state index is -0.647. The molecule has 2 bridgehead atoms. The van der Waals surface area contributed by atoms with Gasteiger partial charge >= 0.3 is 0 Å². The number of likely N-dealkylation sites (tertiary alicyclic amines) is 1. The molecule has 4 atom stereocenters. The van der Waals surface area contributed by atoms with E-state index in [4.69, 9.17) is 4.74 Å². The molecule has 4 heterocycles. The summed E-state index contributed by atoms with van der Waals surface area (Å²) in [7, 11) is 0. The number of hydrogen-bond donors (Lipinski definition) is 1. The van der Waals surface area contributed by atoms with Gasteiger partial charge in [-0.3, -0.25) is 14.4 Å². The molecule has 0 radical (unpaired) electrons. The van der Waals surface area contributed by atoms with Gasteiger partial charge in [0.1, 0.15) is 5.60 Å². The van der Waals surface area contributed by atoms with Gasteiger partial charge in [-0.15, -0.1) is 0 Å². The second kappa shape index (κ2) is 6.66. The van der Waals surface area contributed by atoms with Gasteiger partial charge in [0, 0.05) is 30.9 Å². The molecule has 5 aliphatic rings. The van der Waals surface area contributed by atoms with E-state index in [-0.39, 0.29) is 29.9 Å². The van der Waals surface area contributed by atoms with E-state index in [1.54, 1.807) is 11.8 Å². The normalized spacial score (nSPS) is 33.3. The number of nitrogens with one attached hydrogen (secondary N) is 1. The van der Waals surface area contributed by atoms with Crippen molar-refractivity contribution < 1.29 is 19.1 Å². The average molecular weight is 421 g/mol. The standard InChI is InChI=1S/C24H27N3O4/c1-14(28)26-11-9-15-12-16(6-7-18(15)26)25-22(29)20-19-8-10-24(31-19)13-27(23(30)21(20)24)17-4-2-3-5-17/h6-8,10,12,17,19-21H,2-5,9,11,13H2,1H3,(H,25,29). The Balaban J connectivity index is 1.23. The smallest absolute Gasteiger partial charge is 0.231 e. The summed E-state index contributed by atoms with van der Waals surface area (Å²) in [4.78, 5) is 42.2. The third-order valence-corrected chi connectivity index (χ3v) is 7.82. The first-order valence-electron chi connectivity index (χ1n) is 11.4. The number of carbonyl (C=O) groups excluding carboxylic acids is 3. The van der Waals surface area contributed by atoms with Gasteiger partial charge in [0.15, 0.2) is 0 Å². The van der Waals surface area contributed by atoms with Crippen molar-refractivity contribution in [2.45, 2.75) is 56.8 Å². The first-order chi connectivity index (χ1) is 15.0. The van der Waals surface area contributed by atoms with Crippen molar-refractivity contribution in [1.82, 2.24) is 4.90 Å². The van der Waals surface area contributed by atoms with E-state index in [0.29, 0.717) is 18.8 Å². The topological polar surface area (TPSA) is 79.0 Å². The van der Waals surface area contributed by atoms with Gasteiger partial charge in [0.05, 0.1) is 24.5 Å². The largest absolute Gasteiger partial charge is 0.360 e. The molecular formula is C24H27N3O4. The van der Waals surface area contributed by atoms with Crippen LogP contribution in [0, 0.1) is 11.8 Å². The highest BCUT2D eigenvalue weighted by Crippen LogP contribution is 2.53. The van der Waals surface area contributed by atoms with Crippen molar-refractivity contribution in [2.24, 2.45) is 11.8 Å². The summed E-state index contributed by atoms with van der Waals surface area (Å²) in [5.41, 5.74) is 2.02. The number of hydrogen-bond acceptors (Lipinski definition) is 4. The SMILES string of the molecule is CC(=O)N1CCc2cc(NC(=O)C3C4C=CC5(CN(C6CCCC6)C(=O)C35)O4)ccc21. The van der Waals surface area contributed by atoms with E-state index in [0.717, 1.165) is 43.4 Å². The predicted molar refractivity (Wildman–Crippen MR) is 114 cm³/mol. The highest BCUT2D eigenvalue weighted by atomic mass is 16.5. The first kappa shape index (κ1) is 19.0. The Morgan fingerprint density at radius 3 is 2.81 bits per heavy atom. The zero-order valence-electron chi connectivity index (χ0n) is 17.7. The van der Waals surface area contributed by atoms with E-state index in [2.05, 4.69) is 5.32 Å². The number of ether oxygens (including phenoxy) is 1. The Bertz CT molecular complexity index is 1010. The van der Waals surface area contributed by atoms with Crippen molar-refractivity contribution in [3.8, 4) is 0 Å². The van der Waals surface area contributed by atoms with Gasteiger partial charge in [0.2, 0.25) is 17.7 Å². The van der Waals surface area contributed by atoms with Crippen LogP contribution in [0.3, 0.4) is 0 Å². The molecule has 1 aromatic carbocycles. The van der Waals surface area contributed by atoms with Crippen molar-refractivity contribution in [1.29, 1.82) is 0 Å². The number of benzene rings is 1. The lowest BCUT2D eigenvalue weighted by Crippen LogP contribution is -2.42. The van der Waals surface area contributed by atoms with E-state index in [1.165, 1.54) is 0 Å². The predicted octanol–water partition coefficient (Wildman–Crippen LogP) is 2.26. The van der Waals surface area contributed by atoms with Crippen LogP contribution < -0.4 is 10.2 Å². The monoisotopic (exact) mass is 421 g/mol. The average Bonchev–Trinajstić information content (AvgIpc) is 3.54. The second-order valence-corrected chi connectivity index (χ2v) is 9.56. The molecule has 7 nitrogen and oxygen atoms in total. The number of nitrogens with zero attached hydrogens (tertiary/aromatic N) is 2. The minimum Gasteiger partial charge on any atom is -0.360 e. The Hall–Kier alpha value is -2.67. The van der Waals surface area contributed by atoms with Crippen molar-refractivity contribution in [3.05, 3.63) is 35.9 Å². The molecular weight excluding hydrogens is 394 g/mol. The van der Waals surface area contributed by atoms with Crippen LogP contribution in [0.15, 0.2) is 30.4 Å². The molecule has 162 valence electrons. The molecule has 6 rings (SSSR count). The fraction of sp³-hybridized carbons (Fsp3) is 0.542. The van der Waals surface area contributed by atoms with Crippen LogP contribution in [0.25, 0.3) is 0 Å². The fourth-order valence-electron chi connectivity index (χ4n) is 6.38. The second-order valence-electron chi connectivity index (χ2n) is 9.56. The maximum atomic E-state index is 13.4. The molecule has 3 amide bonds. The third kappa shape index (κ3) is 2.72. The van der Waals surface area contributed by atoms with E-state index < -0.39 is 17.4 Å². The minimum absolute atomic E-state index is 0.0262. The molecule has 2 saturated heterocycles. The summed E-state index contributed by atoms with van der Waals surface area (Å²) in [6.07, 6.45) is 8.82. The molecule has 1 saturated carbocycles. The lowest BCUT2D eigenvalue weighted by molar-refractivity contribution is -0.137. The van der Waals surface area contributed by atoms with Crippen molar-refractivity contribution >= 4 is 29.1 Å².